The number of sulfonamides is 1. The minimum atomic E-state index is -3.75. The van der Waals surface area contributed by atoms with Gasteiger partial charge in [-0.05, 0) is 43.0 Å². The quantitative estimate of drug-likeness (QED) is 0.555. The fourth-order valence-corrected chi connectivity index (χ4v) is 5.19. The predicted molar refractivity (Wildman–Crippen MR) is 106 cm³/mol. The number of nitrogens with one attached hydrogen (secondary N) is 1. The van der Waals surface area contributed by atoms with Crippen molar-refractivity contribution < 1.29 is 17.9 Å². The Kier molecular flexibility index (Phi) is 4.88. The molecule has 7 nitrogen and oxygen atoms in total. The van der Waals surface area contributed by atoms with Gasteiger partial charge in [-0.2, -0.15) is 0 Å². The summed E-state index contributed by atoms with van der Waals surface area (Å²) in [6, 6.07) is 6.42. The fourth-order valence-electron chi connectivity index (χ4n) is 3.22. The smallest absolute Gasteiger partial charge is 0.239 e. The number of imidazole rings is 1. The molecule has 4 rings (SSSR count). The van der Waals surface area contributed by atoms with Crippen molar-refractivity contribution in [2.24, 2.45) is 0 Å². The number of nitrogens with zero attached hydrogens (tertiary/aromatic N) is 3. The highest BCUT2D eigenvalue weighted by Gasteiger charge is 2.54. The molecule has 28 heavy (non-hydrogen) atoms. The van der Waals surface area contributed by atoms with Gasteiger partial charge in [-0.1, -0.05) is 22.0 Å². The first kappa shape index (κ1) is 19.3. The van der Waals surface area contributed by atoms with Gasteiger partial charge in [0.25, 0.3) is 0 Å². The number of aliphatic hydroxyl groups excluding tert-OH is 1. The Balaban J connectivity index is 1.73. The van der Waals surface area contributed by atoms with Crippen molar-refractivity contribution in [3.63, 3.8) is 0 Å². The Hall–Kier alpha value is -2.04. The third-order valence-electron chi connectivity index (χ3n) is 5.04. The summed E-state index contributed by atoms with van der Waals surface area (Å²) < 4.78 is 43.8. The molecule has 1 aromatic carbocycles. The number of aliphatic hydroxyl groups is 1. The van der Waals surface area contributed by atoms with Crippen molar-refractivity contribution in [2.75, 3.05) is 11.3 Å². The molecule has 1 saturated carbocycles. The maximum Gasteiger partial charge on any atom is 0.239 e. The van der Waals surface area contributed by atoms with Crippen LogP contribution in [0.15, 0.2) is 41.1 Å². The Morgan fingerprint density at radius 3 is 2.75 bits per heavy atom. The number of halogens is 2. The summed E-state index contributed by atoms with van der Waals surface area (Å²) in [5.41, 5.74) is 1.47. The van der Waals surface area contributed by atoms with Crippen LogP contribution in [0, 0.1) is 5.82 Å². The zero-order chi connectivity index (χ0) is 19.9. The number of hydrogen-bond acceptors (Lipinski definition) is 5. The van der Waals surface area contributed by atoms with Crippen molar-refractivity contribution in [2.45, 2.75) is 30.4 Å². The van der Waals surface area contributed by atoms with Crippen molar-refractivity contribution in [1.29, 1.82) is 0 Å². The molecule has 0 unspecified atom stereocenters. The molecule has 2 heterocycles. The minimum absolute atomic E-state index is 0.136. The third-order valence-corrected chi connectivity index (χ3v) is 7.74. The summed E-state index contributed by atoms with van der Waals surface area (Å²) >= 11 is 3.23. The summed E-state index contributed by atoms with van der Waals surface area (Å²) in [5.74, 6) is -0.262. The van der Waals surface area contributed by atoms with Crippen LogP contribution in [-0.2, 0) is 16.4 Å². The summed E-state index contributed by atoms with van der Waals surface area (Å²) in [7, 11) is -3.75. The van der Waals surface area contributed by atoms with Gasteiger partial charge in [0.05, 0.1) is 4.75 Å². The Bertz CT molecular complexity index is 1140. The minimum Gasteiger partial charge on any atom is -0.396 e. The second kappa shape index (κ2) is 7.09. The van der Waals surface area contributed by atoms with Crippen molar-refractivity contribution >= 4 is 37.4 Å². The molecule has 0 atom stereocenters. The Morgan fingerprint density at radius 2 is 2.07 bits per heavy atom. The van der Waals surface area contributed by atoms with Crippen LogP contribution in [0.5, 0.6) is 0 Å². The van der Waals surface area contributed by atoms with E-state index in [1.165, 1.54) is 10.6 Å². The van der Waals surface area contributed by atoms with E-state index in [-0.39, 0.29) is 25.3 Å². The number of benzene rings is 1. The lowest BCUT2D eigenvalue weighted by Crippen LogP contribution is -2.31. The highest BCUT2D eigenvalue weighted by molar-refractivity contribution is 9.10. The van der Waals surface area contributed by atoms with Crippen LogP contribution < -0.4 is 4.72 Å². The van der Waals surface area contributed by atoms with E-state index >= 15 is 0 Å². The Labute approximate surface area is 169 Å². The van der Waals surface area contributed by atoms with Gasteiger partial charge in [0, 0.05) is 35.5 Å². The standard InChI is InChI=1S/C18H18BrFN4O3S/c19-14-2-1-12(15(20)11-14)9-13-10-16-21-6-7-24(16)22-17(13)23-28(26,27)18(3-4-18)5-8-25/h1-2,6-7,10-11,25H,3-5,8-9H2,(H,22,23). The summed E-state index contributed by atoms with van der Waals surface area (Å²) in [5, 5.41) is 13.6. The number of rotatable bonds is 7. The van der Waals surface area contributed by atoms with E-state index < -0.39 is 20.6 Å². The normalized spacial score (nSPS) is 15.7. The molecule has 1 fully saturated rings. The second-order valence-electron chi connectivity index (χ2n) is 6.92. The van der Waals surface area contributed by atoms with E-state index in [0.717, 1.165) is 0 Å². The van der Waals surface area contributed by atoms with Gasteiger partial charge in [0.15, 0.2) is 11.5 Å². The number of aromatic nitrogens is 3. The number of hydrogen-bond donors (Lipinski definition) is 2. The van der Waals surface area contributed by atoms with E-state index in [2.05, 4.69) is 30.7 Å². The zero-order valence-corrected chi connectivity index (χ0v) is 17.2. The topological polar surface area (TPSA) is 96.6 Å². The van der Waals surface area contributed by atoms with Crippen LogP contribution in [0.2, 0.25) is 0 Å². The molecule has 2 aromatic heterocycles. The first-order chi connectivity index (χ1) is 13.3. The molecule has 0 saturated heterocycles. The maximum absolute atomic E-state index is 14.3. The lowest BCUT2D eigenvalue weighted by atomic mass is 10.1. The van der Waals surface area contributed by atoms with E-state index in [1.54, 1.807) is 30.6 Å². The highest BCUT2D eigenvalue weighted by atomic mass is 79.9. The molecule has 0 bridgehead atoms. The van der Waals surface area contributed by atoms with E-state index in [1.807, 2.05) is 0 Å². The molecule has 0 aliphatic heterocycles. The molecule has 0 spiro atoms. The first-order valence-corrected chi connectivity index (χ1v) is 11.0. The van der Waals surface area contributed by atoms with Gasteiger partial charge in [-0.25, -0.2) is 22.3 Å². The van der Waals surface area contributed by atoms with Gasteiger partial charge < -0.3 is 5.11 Å². The van der Waals surface area contributed by atoms with Gasteiger partial charge >= 0.3 is 0 Å². The average Bonchev–Trinajstić information content (AvgIpc) is 3.29. The van der Waals surface area contributed by atoms with Crippen molar-refractivity contribution in [3.8, 4) is 0 Å². The zero-order valence-electron chi connectivity index (χ0n) is 14.8. The molecule has 148 valence electrons. The highest BCUT2D eigenvalue weighted by Crippen LogP contribution is 2.46. The molecule has 3 aromatic rings. The van der Waals surface area contributed by atoms with E-state index in [9.17, 15) is 17.9 Å². The largest absolute Gasteiger partial charge is 0.396 e. The van der Waals surface area contributed by atoms with Crippen LogP contribution in [0.1, 0.15) is 30.4 Å². The monoisotopic (exact) mass is 468 g/mol. The molecule has 2 N–H and O–H groups in total. The Morgan fingerprint density at radius 1 is 1.29 bits per heavy atom. The third kappa shape index (κ3) is 3.51. The lowest BCUT2D eigenvalue weighted by Gasteiger charge is -2.18. The first-order valence-electron chi connectivity index (χ1n) is 8.74. The van der Waals surface area contributed by atoms with Gasteiger partial charge in [0.2, 0.25) is 10.0 Å². The predicted octanol–water partition coefficient (Wildman–Crippen LogP) is 2.88. The molecule has 0 radical (unpaired) electrons. The molecular formula is C18H18BrFN4O3S. The maximum atomic E-state index is 14.3. The summed E-state index contributed by atoms with van der Waals surface area (Å²) in [6.07, 6.45) is 4.48. The van der Waals surface area contributed by atoms with Gasteiger partial charge in [0.1, 0.15) is 5.82 Å². The van der Waals surface area contributed by atoms with E-state index in [4.69, 9.17) is 0 Å². The van der Waals surface area contributed by atoms with Crippen LogP contribution >= 0.6 is 15.9 Å². The molecular weight excluding hydrogens is 451 g/mol. The SMILES string of the molecule is O=S(=O)(Nc1nn2ccnc2cc1Cc1ccc(Br)cc1F)C1(CCO)CC1. The molecule has 10 heteroatoms. The van der Waals surface area contributed by atoms with E-state index in [0.29, 0.717) is 34.1 Å². The van der Waals surface area contributed by atoms with Crippen molar-refractivity contribution in [1.82, 2.24) is 14.6 Å². The fraction of sp³-hybridized carbons (Fsp3) is 0.333. The van der Waals surface area contributed by atoms with Gasteiger partial charge in [-0.3, -0.25) is 4.72 Å². The van der Waals surface area contributed by atoms with Crippen LogP contribution in [0.4, 0.5) is 10.2 Å². The molecule has 1 aliphatic carbocycles. The molecule has 1 aliphatic rings. The molecule has 0 amide bonds. The average molecular weight is 469 g/mol. The summed E-state index contributed by atoms with van der Waals surface area (Å²) in [4.78, 5) is 4.17. The van der Waals surface area contributed by atoms with Crippen molar-refractivity contribution in [3.05, 3.63) is 58.1 Å². The number of anilines is 1. The van der Waals surface area contributed by atoms with Gasteiger partial charge in [-0.15, -0.1) is 5.10 Å². The lowest BCUT2D eigenvalue weighted by molar-refractivity contribution is 0.283. The van der Waals surface area contributed by atoms with Crippen LogP contribution in [0.25, 0.3) is 5.65 Å². The van der Waals surface area contributed by atoms with Crippen LogP contribution in [0.3, 0.4) is 0 Å². The number of fused-ring (bicyclic) bond motifs is 1. The summed E-state index contributed by atoms with van der Waals surface area (Å²) in [6.45, 7) is -0.203. The van der Waals surface area contributed by atoms with Crippen LogP contribution in [-0.4, -0.2) is 39.5 Å². The second-order valence-corrected chi connectivity index (χ2v) is 9.92.